The zero-order chi connectivity index (χ0) is 13.4. The number of hydrogen-bond acceptors (Lipinski definition) is 4. The number of amides is 1. The number of alkyl carbamates (subject to hydrolysis) is 1. The summed E-state index contributed by atoms with van der Waals surface area (Å²) in [5.41, 5.74) is 4.97. The Kier molecular flexibility index (Phi) is 3.56. The molecule has 1 saturated carbocycles. The van der Waals surface area contributed by atoms with Crippen molar-refractivity contribution in [2.45, 2.75) is 44.8 Å². The fourth-order valence-electron chi connectivity index (χ4n) is 2.76. The minimum Gasteiger partial charge on any atom is -0.444 e. The molecule has 1 unspecified atom stereocenters. The second-order valence-electron chi connectivity index (χ2n) is 6.42. The van der Waals surface area contributed by atoms with Crippen LogP contribution in [0.2, 0.25) is 0 Å². The normalized spacial score (nSPS) is 35.3. The van der Waals surface area contributed by atoms with Gasteiger partial charge in [0.2, 0.25) is 0 Å². The van der Waals surface area contributed by atoms with Gasteiger partial charge in [-0.05, 0) is 52.0 Å². The average Bonchev–Trinajstić information content (AvgIpc) is 2.90. The minimum absolute atomic E-state index is 0.258. The zero-order valence-corrected chi connectivity index (χ0v) is 11.5. The molecule has 3 atom stereocenters. The third kappa shape index (κ3) is 2.95. The molecule has 0 aromatic rings. The third-order valence-corrected chi connectivity index (χ3v) is 3.74. The maximum absolute atomic E-state index is 11.9. The van der Waals surface area contributed by atoms with E-state index in [9.17, 15) is 4.79 Å². The second-order valence-corrected chi connectivity index (χ2v) is 6.42. The van der Waals surface area contributed by atoms with Crippen molar-refractivity contribution in [3.8, 4) is 0 Å². The first-order valence-electron chi connectivity index (χ1n) is 6.65. The van der Waals surface area contributed by atoms with Crippen LogP contribution in [0.1, 0.15) is 33.6 Å². The number of nitrogens with one attached hydrogen (secondary N) is 1. The Morgan fingerprint density at radius 3 is 2.72 bits per heavy atom. The van der Waals surface area contributed by atoms with E-state index >= 15 is 0 Å². The molecule has 2 aliphatic rings. The van der Waals surface area contributed by atoms with E-state index in [0.29, 0.717) is 31.6 Å². The Morgan fingerprint density at radius 2 is 2.28 bits per heavy atom. The molecule has 0 spiro atoms. The van der Waals surface area contributed by atoms with E-state index < -0.39 is 5.60 Å². The van der Waals surface area contributed by atoms with E-state index in [0.717, 1.165) is 12.8 Å². The maximum atomic E-state index is 11.9. The molecule has 2 fully saturated rings. The molecule has 0 radical (unpaired) electrons. The number of nitrogens with two attached hydrogens (primary N) is 1. The second kappa shape index (κ2) is 4.70. The molecule has 0 aromatic carbocycles. The summed E-state index contributed by atoms with van der Waals surface area (Å²) in [5, 5.41) is 3.03. The van der Waals surface area contributed by atoms with Crippen molar-refractivity contribution in [1.29, 1.82) is 0 Å². The van der Waals surface area contributed by atoms with Gasteiger partial charge in [-0.15, -0.1) is 0 Å². The molecule has 1 aliphatic carbocycles. The molecule has 1 heterocycles. The zero-order valence-electron chi connectivity index (χ0n) is 11.5. The lowest BCUT2D eigenvalue weighted by Gasteiger charge is -2.31. The third-order valence-electron chi connectivity index (χ3n) is 3.74. The molecule has 0 aromatic heterocycles. The highest BCUT2D eigenvalue weighted by atomic mass is 16.6. The summed E-state index contributed by atoms with van der Waals surface area (Å²) in [4.78, 5) is 11.9. The first kappa shape index (κ1) is 13.6. The van der Waals surface area contributed by atoms with Crippen LogP contribution in [0.4, 0.5) is 4.79 Å². The van der Waals surface area contributed by atoms with Crippen molar-refractivity contribution in [2.24, 2.45) is 17.6 Å². The summed E-state index contributed by atoms with van der Waals surface area (Å²) in [6.07, 6.45) is 1.58. The minimum atomic E-state index is -0.471. The monoisotopic (exact) mass is 256 g/mol. The van der Waals surface area contributed by atoms with Crippen molar-refractivity contribution in [3.63, 3.8) is 0 Å². The maximum Gasteiger partial charge on any atom is 0.408 e. The van der Waals surface area contributed by atoms with Crippen molar-refractivity contribution in [1.82, 2.24) is 5.32 Å². The lowest BCUT2D eigenvalue weighted by Crippen LogP contribution is -2.53. The Bertz CT molecular complexity index is 319. The highest BCUT2D eigenvalue weighted by Gasteiger charge is 2.54. The van der Waals surface area contributed by atoms with Gasteiger partial charge in [-0.1, -0.05) is 0 Å². The fraction of sp³-hybridized carbons (Fsp3) is 0.923. The fourth-order valence-corrected chi connectivity index (χ4v) is 2.76. The van der Waals surface area contributed by atoms with Crippen molar-refractivity contribution in [3.05, 3.63) is 0 Å². The molecule has 1 saturated heterocycles. The molecular weight excluding hydrogens is 232 g/mol. The van der Waals surface area contributed by atoms with Crippen LogP contribution in [0.5, 0.6) is 0 Å². The Balaban J connectivity index is 1.97. The van der Waals surface area contributed by atoms with Crippen LogP contribution in [0.15, 0.2) is 0 Å². The number of carbonyl (C=O) groups excluding carboxylic acids is 1. The highest BCUT2D eigenvalue weighted by Crippen LogP contribution is 2.49. The number of ether oxygens (including phenoxy) is 2. The standard InChI is InChI=1S/C13H24N2O3/c1-12(2,3)18-11(16)15-13(4-5-17-8-13)10-6-9(10)7-14/h9-10H,4-8,14H2,1-3H3,(H,15,16)/t9-,10+,13?/m0/s1. The highest BCUT2D eigenvalue weighted by molar-refractivity contribution is 5.69. The van der Waals surface area contributed by atoms with Crippen LogP contribution in [0, 0.1) is 11.8 Å². The van der Waals surface area contributed by atoms with Gasteiger partial charge in [0.25, 0.3) is 0 Å². The van der Waals surface area contributed by atoms with Gasteiger partial charge in [-0.25, -0.2) is 4.79 Å². The summed E-state index contributed by atoms with van der Waals surface area (Å²) < 4.78 is 10.8. The molecule has 5 nitrogen and oxygen atoms in total. The van der Waals surface area contributed by atoms with Crippen LogP contribution in [0.3, 0.4) is 0 Å². The molecule has 104 valence electrons. The van der Waals surface area contributed by atoms with Crippen LogP contribution in [-0.2, 0) is 9.47 Å². The summed E-state index contributed by atoms with van der Waals surface area (Å²) in [6, 6.07) is 0. The predicted molar refractivity (Wildman–Crippen MR) is 68.2 cm³/mol. The van der Waals surface area contributed by atoms with E-state index in [1.807, 2.05) is 20.8 Å². The molecule has 1 aliphatic heterocycles. The quantitative estimate of drug-likeness (QED) is 0.797. The SMILES string of the molecule is CC(C)(C)OC(=O)NC1([C@@H]2C[C@H]2CN)CCOC1. The van der Waals surface area contributed by atoms with Gasteiger partial charge in [-0.2, -0.15) is 0 Å². The molecular formula is C13H24N2O3. The lowest BCUT2D eigenvalue weighted by molar-refractivity contribution is 0.0417. The molecule has 3 N–H and O–H groups in total. The predicted octanol–water partition coefficient (Wildman–Crippen LogP) is 1.27. The summed E-state index contributed by atoms with van der Waals surface area (Å²) >= 11 is 0. The first-order chi connectivity index (χ1) is 8.36. The van der Waals surface area contributed by atoms with Crippen LogP contribution in [-0.4, -0.2) is 37.0 Å². The largest absolute Gasteiger partial charge is 0.444 e. The van der Waals surface area contributed by atoms with Crippen LogP contribution >= 0.6 is 0 Å². The Morgan fingerprint density at radius 1 is 1.56 bits per heavy atom. The first-order valence-corrected chi connectivity index (χ1v) is 6.65. The van der Waals surface area contributed by atoms with Crippen molar-refractivity contribution in [2.75, 3.05) is 19.8 Å². The van der Waals surface area contributed by atoms with Crippen molar-refractivity contribution >= 4 is 6.09 Å². The van der Waals surface area contributed by atoms with E-state index in [-0.39, 0.29) is 11.6 Å². The van der Waals surface area contributed by atoms with E-state index in [1.54, 1.807) is 0 Å². The number of rotatable bonds is 3. The average molecular weight is 256 g/mol. The van der Waals surface area contributed by atoms with Gasteiger partial charge >= 0.3 is 6.09 Å². The molecule has 2 rings (SSSR count). The molecule has 5 heteroatoms. The lowest BCUT2D eigenvalue weighted by atomic mass is 9.91. The topological polar surface area (TPSA) is 73.6 Å². The van der Waals surface area contributed by atoms with Gasteiger partial charge in [0.05, 0.1) is 12.1 Å². The van der Waals surface area contributed by atoms with Gasteiger partial charge in [0, 0.05) is 6.61 Å². The van der Waals surface area contributed by atoms with Gasteiger partial charge in [0.1, 0.15) is 5.60 Å². The summed E-state index contributed by atoms with van der Waals surface area (Å²) in [6.45, 7) is 7.55. The van der Waals surface area contributed by atoms with Gasteiger partial charge < -0.3 is 20.5 Å². The van der Waals surface area contributed by atoms with Crippen molar-refractivity contribution < 1.29 is 14.3 Å². The number of carbonyl (C=O) groups is 1. The Labute approximate surface area is 108 Å². The van der Waals surface area contributed by atoms with Crippen LogP contribution < -0.4 is 11.1 Å². The molecule has 1 amide bonds. The Hall–Kier alpha value is -0.810. The van der Waals surface area contributed by atoms with E-state index in [4.69, 9.17) is 15.2 Å². The number of hydrogen-bond donors (Lipinski definition) is 2. The van der Waals surface area contributed by atoms with Gasteiger partial charge in [0.15, 0.2) is 0 Å². The smallest absolute Gasteiger partial charge is 0.408 e. The van der Waals surface area contributed by atoms with Gasteiger partial charge in [-0.3, -0.25) is 0 Å². The van der Waals surface area contributed by atoms with Crippen LogP contribution in [0.25, 0.3) is 0 Å². The summed E-state index contributed by atoms with van der Waals surface area (Å²) in [5.74, 6) is 0.958. The van der Waals surface area contributed by atoms with E-state index in [1.165, 1.54) is 0 Å². The molecule has 18 heavy (non-hydrogen) atoms. The summed E-state index contributed by atoms with van der Waals surface area (Å²) in [7, 11) is 0. The van der Waals surface area contributed by atoms with E-state index in [2.05, 4.69) is 5.32 Å². The molecule has 0 bridgehead atoms.